The molecule has 1 N–H and O–H groups in total. The van der Waals surface area contributed by atoms with E-state index in [4.69, 9.17) is 4.42 Å². The second-order valence-electron chi connectivity index (χ2n) is 5.39. The Balaban J connectivity index is 1.86. The van der Waals surface area contributed by atoms with Gasteiger partial charge in [-0.3, -0.25) is 0 Å². The van der Waals surface area contributed by atoms with E-state index in [-0.39, 0.29) is 5.54 Å². The maximum Gasteiger partial charge on any atom is 0.127 e. The molecular formula is C14H21NO. The molecule has 0 radical (unpaired) electrons. The van der Waals surface area contributed by atoms with E-state index in [1.807, 2.05) is 6.26 Å². The maximum atomic E-state index is 5.76. The second-order valence-corrected chi connectivity index (χ2v) is 5.39. The van der Waals surface area contributed by atoms with Gasteiger partial charge in [-0.05, 0) is 49.7 Å². The van der Waals surface area contributed by atoms with Crippen LogP contribution >= 0.6 is 0 Å². The molecule has 16 heavy (non-hydrogen) atoms. The first-order chi connectivity index (χ1) is 7.84. The Morgan fingerprint density at radius 1 is 1.44 bits per heavy atom. The SMILES string of the molecule is CCC1CCC2(CC1)NCCc1ccoc12. The smallest absolute Gasteiger partial charge is 0.127 e. The molecule has 1 aromatic heterocycles. The zero-order chi connectivity index (χ0) is 11.0. The van der Waals surface area contributed by atoms with Crippen LogP contribution in [0.3, 0.4) is 0 Å². The largest absolute Gasteiger partial charge is 0.467 e. The Hall–Kier alpha value is -0.760. The molecule has 88 valence electrons. The number of hydrogen-bond acceptors (Lipinski definition) is 2. The molecular weight excluding hydrogens is 198 g/mol. The van der Waals surface area contributed by atoms with Crippen molar-refractivity contribution in [2.75, 3.05) is 6.54 Å². The lowest BCUT2D eigenvalue weighted by Crippen LogP contribution is -2.49. The Morgan fingerprint density at radius 3 is 3.00 bits per heavy atom. The van der Waals surface area contributed by atoms with E-state index in [2.05, 4.69) is 18.3 Å². The minimum Gasteiger partial charge on any atom is -0.467 e. The maximum absolute atomic E-state index is 5.76. The number of rotatable bonds is 1. The lowest BCUT2D eigenvalue weighted by molar-refractivity contribution is 0.148. The highest BCUT2D eigenvalue weighted by Crippen LogP contribution is 2.43. The first-order valence-corrected chi connectivity index (χ1v) is 6.66. The highest BCUT2D eigenvalue weighted by Gasteiger charge is 2.41. The molecule has 1 aliphatic heterocycles. The molecule has 0 amide bonds. The molecule has 0 aromatic carbocycles. The first-order valence-electron chi connectivity index (χ1n) is 6.66. The van der Waals surface area contributed by atoms with E-state index in [0.29, 0.717) is 0 Å². The van der Waals surface area contributed by atoms with Gasteiger partial charge in [0.25, 0.3) is 0 Å². The number of nitrogens with one attached hydrogen (secondary N) is 1. The summed E-state index contributed by atoms with van der Waals surface area (Å²) >= 11 is 0. The average Bonchev–Trinajstić information content (AvgIpc) is 2.80. The van der Waals surface area contributed by atoms with Crippen LogP contribution in [0.4, 0.5) is 0 Å². The quantitative estimate of drug-likeness (QED) is 0.784. The molecule has 1 spiro atoms. The second kappa shape index (κ2) is 3.92. The summed E-state index contributed by atoms with van der Waals surface area (Å²) in [4.78, 5) is 0. The van der Waals surface area contributed by atoms with Crippen molar-refractivity contribution < 1.29 is 4.42 Å². The summed E-state index contributed by atoms with van der Waals surface area (Å²) in [5.74, 6) is 2.18. The molecule has 0 saturated heterocycles. The summed E-state index contributed by atoms with van der Waals surface area (Å²) in [7, 11) is 0. The van der Waals surface area contributed by atoms with Crippen molar-refractivity contribution in [3.63, 3.8) is 0 Å². The summed E-state index contributed by atoms with van der Waals surface area (Å²) in [5, 5.41) is 3.73. The van der Waals surface area contributed by atoms with Gasteiger partial charge in [-0.1, -0.05) is 13.3 Å². The van der Waals surface area contributed by atoms with Gasteiger partial charge in [-0.2, -0.15) is 0 Å². The van der Waals surface area contributed by atoms with Gasteiger partial charge in [0.15, 0.2) is 0 Å². The standard InChI is InChI=1S/C14H21NO/c1-2-11-3-7-14(8-4-11)13-12(5-9-15-14)6-10-16-13/h6,10-11,15H,2-5,7-9H2,1H3. The molecule has 2 aliphatic rings. The van der Waals surface area contributed by atoms with E-state index in [0.717, 1.165) is 18.9 Å². The normalized spacial score (nSPS) is 33.9. The van der Waals surface area contributed by atoms with Crippen LogP contribution in [-0.2, 0) is 12.0 Å². The van der Waals surface area contributed by atoms with Gasteiger partial charge < -0.3 is 9.73 Å². The zero-order valence-corrected chi connectivity index (χ0v) is 10.1. The van der Waals surface area contributed by atoms with Crippen LogP contribution in [0, 0.1) is 5.92 Å². The van der Waals surface area contributed by atoms with E-state index in [9.17, 15) is 0 Å². The van der Waals surface area contributed by atoms with Gasteiger partial charge in [0, 0.05) is 6.54 Å². The first kappa shape index (κ1) is 10.4. The Labute approximate surface area is 97.4 Å². The van der Waals surface area contributed by atoms with Crippen LogP contribution in [0.25, 0.3) is 0 Å². The molecule has 1 fully saturated rings. The minimum absolute atomic E-state index is 0.183. The minimum atomic E-state index is 0.183. The predicted octanol–water partition coefficient (Wildman–Crippen LogP) is 3.22. The van der Waals surface area contributed by atoms with Crippen LogP contribution in [-0.4, -0.2) is 6.54 Å². The van der Waals surface area contributed by atoms with Gasteiger partial charge in [-0.25, -0.2) is 0 Å². The van der Waals surface area contributed by atoms with Gasteiger partial charge in [0.1, 0.15) is 5.76 Å². The molecule has 1 saturated carbocycles. The lowest BCUT2D eigenvalue weighted by atomic mass is 9.72. The summed E-state index contributed by atoms with van der Waals surface area (Å²) in [6, 6.07) is 2.16. The summed E-state index contributed by atoms with van der Waals surface area (Å²) in [6.45, 7) is 3.43. The monoisotopic (exact) mass is 219 g/mol. The molecule has 1 aliphatic carbocycles. The van der Waals surface area contributed by atoms with Crippen molar-refractivity contribution in [3.8, 4) is 0 Å². The van der Waals surface area contributed by atoms with Crippen LogP contribution in [0.1, 0.15) is 50.4 Å². The Morgan fingerprint density at radius 2 is 2.25 bits per heavy atom. The summed E-state index contributed by atoms with van der Waals surface area (Å²) < 4.78 is 5.76. The molecule has 2 heterocycles. The average molecular weight is 219 g/mol. The van der Waals surface area contributed by atoms with Crippen LogP contribution < -0.4 is 5.32 Å². The number of hydrogen-bond donors (Lipinski definition) is 1. The molecule has 0 bridgehead atoms. The van der Waals surface area contributed by atoms with Gasteiger partial charge in [0.05, 0.1) is 11.8 Å². The fourth-order valence-corrected chi connectivity index (χ4v) is 3.45. The zero-order valence-electron chi connectivity index (χ0n) is 10.1. The van der Waals surface area contributed by atoms with Gasteiger partial charge in [0.2, 0.25) is 0 Å². The fourth-order valence-electron chi connectivity index (χ4n) is 3.45. The third kappa shape index (κ3) is 1.51. The number of furan rings is 1. The van der Waals surface area contributed by atoms with E-state index < -0.39 is 0 Å². The third-order valence-corrected chi connectivity index (χ3v) is 4.58. The highest BCUT2D eigenvalue weighted by atomic mass is 16.3. The molecule has 2 heteroatoms. The lowest BCUT2D eigenvalue weighted by Gasteiger charge is -2.42. The molecule has 0 atom stereocenters. The van der Waals surface area contributed by atoms with Crippen molar-refractivity contribution in [1.29, 1.82) is 0 Å². The summed E-state index contributed by atoms with van der Waals surface area (Å²) in [5.41, 5.74) is 1.62. The summed E-state index contributed by atoms with van der Waals surface area (Å²) in [6.07, 6.45) is 9.54. The molecule has 1 aromatic rings. The van der Waals surface area contributed by atoms with Crippen LogP contribution in [0.15, 0.2) is 16.7 Å². The number of fused-ring (bicyclic) bond motifs is 2. The molecule has 2 nitrogen and oxygen atoms in total. The van der Waals surface area contributed by atoms with E-state index in [1.54, 1.807) is 0 Å². The third-order valence-electron chi connectivity index (χ3n) is 4.58. The molecule has 3 rings (SSSR count). The van der Waals surface area contributed by atoms with Gasteiger partial charge >= 0.3 is 0 Å². The van der Waals surface area contributed by atoms with Crippen molar-refractivity contribution in [2.24, 2.45) is 5.92 Å². The van der Waals surface area contributed by atoms with E-state index >= 15 is 0 Å². The predicted molar refractivity (Wildman–Crippen MR) is 64.3 cm³/mol. The molecule has 0 unspecified atom stereocenters. The topological polar surface area (TPSA) is 25.2 Å². The van der Waals surface area contributed by atoms with Crippen LogP contribution in [0.2, 0.25) is 0 Å². The van der Waals surface area contributed by atoms with Crippen molar-refractivity contribution in [2.45, 2.75) is 51.0 Å². The Bertz CT molecular complexity index is 361. The highest BCUT2D eigenvalue weighted by molar-refractivity contribution is 5.28. The van der Waals surface area contributed by atoms with Crippen molar-refractivity contribution in [1.82, 2.24) is 5.32 Å². The van der Waals surface area contributed by atoms with E-state index in [1.165, 1.54) is 43.4 Å². The van der Waals surface area contributed by atoms with Crippen molar-refractivity contribution >= 4 is 0 Å². The Kier molecular flexibility index (Phi) is 2.55. The fraction of sp³-hybridized carbons (Fsp3) is 0.714. The van der Waals surface area contributed by atoms with Crippen LogP contribution in [0.5, 0.6) is 0 Å². The van der Waals surface area contributed by atoms with Gasteiger partial charge in [-0.15, -0.1) is 0 Å². The van der Waals surface area contributed by atoms with Crippen molar-refractivity contribution in [3.05, 3.63) is 23.7 Å².